The summed E-state index contributed by atoms with van der Waals surface area (Å²) in [6.07, 6.45) is 0. The molecule has 0 saturated heterocycles. The van der Waals surface area contributed by atoms with Gasteiger partial charge in [0.15, 0.2) is 11.6 Å². The fourth-order valence-corrected chi connectivity index (χ4v) is 2.83. The van der Waals surface area contributed by atoms with Crippen LogP contribution in [0.1, 0.15) is 16.0 Å². The van der Waals surface area contributed by atoms with Gasteiger partial charge in [0.1, 0.15) is 5.75 Å². The number of benzene rings is 2. The highest BCUT2D eigenvalue weighted by Gasteiger charge is 2.14. The molecule has 0 spiro atoms. The summed E-state index contributed by atoms with van der Waals surface area (Å²) in [4.78, 5) is -0.218. The second-order valence-electron chi connectivity index (χ2n) is 3.93. The average molecular weight is 392 g/mol. The summed E-state index contributed by atoms with van der Waals surface area (Å²) >= 11 is 6.88. The van der Waals surface area contributed by atoms with Crippen molar-refractivity contribution in [2.45, 2.75) is 4.83 Å². The lowest BCUT2D eigenvalue weighted by molar-refractivity contribution is 0.412. The maximum Gasteiger partial charge on any atom is 0.159 e. The molecule has 0 aliphatic rings. The Labute approximate surface area is 126 Å². The van der Waals surface area contributed by atoms with Gasteiger partial charge in [-0.25, -0.2) is 8.78 Å². The Kier molecular flexibility index (Phi) is 4.58. The molecule has 5 heteroatoms. The summed E-state index contributed by atoms with van der Waals surface area (Å²) in [5.41, 5.74) is 1.56. The quantitative estimate of drug-likeness (QED) is 0.651. The normalized spacial score (nSPS) is 12.3. The largest absolute Gasteiger partial charge is 0.496 e. The summed E-state index contributed by atoms with van der Waals surface area (Å²) in [6, 6.07) is 9.41. The zero-order valence-electron chi connectivity index (χ0n) is 9.96. The predicted molar refractivity (Wildman–Crippen MR) is 77.8 cm³/mol. The van der Waals surface area contributed by atoms with Gasteiger partial charge in [-0.1, -0.05) is 28.1 Å². The molecule has 100 valence electrons. The fourth-order valence-electron chi connectivity index (χ4n) is 1.70. The summed E-state index contributed by atoms with van der Waals surface area (Å²) in [7, 11) is 1.58. The smallest absolute Gasteiger partial charge is 0.159 e. The van der Waals surface area contributed by atoms with E-state index in [1.165, 1.54) is 6.07 Å². The minimum absolute atomic E-state index is 0.218. The number of halogens is 4. The van der Waals surface area contributed by atoms with Crippen LogP contribution in [0.5, 0.6) is 5.75 Å². The Balaban J connectivity index is 2.35. The number of alkyl halides is 1. The van der Waals surface area contributed by atoms with E-state index >= 15 is 0 Å². The zero-order chi connectivity index (χ0) is 14.0. The van der Waals surface area contributed by atoms with E-state index in [0.717, 1.165) is 16.1 Å². The molecule has 1 nitrogen and oxygen atoms in total. The van der Waals surface area contributed by atoms with Crippen molar-refractivity contribution in [2.24, 2.45) is 0 Å². The van der Waals surface area contributed by atoms with Crippen molar-refractivity contribution in [2.75, 3.05) is 7.11 Å². The lowest BCUT2D eigenvalue weighted by Crippen LogP contribution is -1.96. The van der Waals surface area contributed by atoms with Crippen LogP contribution >= 0.6 is 31.9 Å². The zero-order valence-corrected chi connectivity index (χ0v) is 13.1. The lowest BCUT2D eigenvalue weighted by atomic mass is 10.0. The van der Waals surface area contributed by atoms with Crippen molar-refractivity contribution in [1.82, 2.24) is 0 Å². The SMILES string of the molecule is COc1ccc(C(Br)c2ccc(F)c(F)c2)cc1Br. The van der Waals surface area contributed by atoms with Gasteiger partial charge < -0.3 is 4.74 Å². The molecule has 0 amide bonds. The maximum absolute atomic E-state index is 13.2. The predicted octanol–water partition coefficient (Wildman–Crippen LogP) is 5.22. The Morgan fingerprint density at radius 1 is 1.00 bits per heavy atom. The maximum atomic E-state index is 13.2. The second kappa shape index (κ2) is 6.01. The Hall–Kier alpha value is -0.940. The van der Waals surface area contributed by atoms with Crippen LogP contribution in [0, 0.1) is 11.6 Å². The topological polar surface area (TPSA) is 9.23 Å². The molecule has 2 aromatic carbocycles. The fraction of sp³-hybridized carbons (Fsp3) is 0.143. The summed E-state index contributed by atoms with van der Waals surface area (Å²) in [5, 5.41) is 0. The Morgan fingerprint density at radius 3 is 2.21 bits per heavy atom. The van der Waals surface area contributed by atoms with Crippen LogP contribution in [0.3, 0.4) is 0 Å². The summed E-state index contributed by atoms with van der Waals surface area (Å²) < 4.78 is 32.1. The van der Waals surface area contributed by atoms with Crippen molar-refractivity contribution in [3.8, 4) is 5.75 Å². The van der Waals surface area contributed by atoms with Crippen LogP contribution in [0.15, 0.2) is 40.9 Å². The van der Waals surface area contributed by atoms with Gasteiger partial charge in [-0.05, 0) is 51.3 Å². The molecule has 0 N–H and O–H groups in total. The summed E-state index contributed by atoms with van der Waals surface area (Å²) in [5.74, 6) is -0.984. The van der Waals surface area contributed by atoms with Crippen molar-refractivity contribution >= 4 is 31.9 Å². The third kappa shape index (κ3) is 3.15. The molecule has 2 rings (SSSR count). The third-order valence-corrected chi connectivity index (χ3v) is 4.38. The van der Waals surface area contributed by atoms with Gasteiger partial charge in [-0.2, -0.15) is 0 Å². The van der Waals surface area contributed by atoms with E-state index in [1.54, 1.807) is 13.2 Å². The summed E-state index contributed by atoms with van der Waals surface area (Å²) in [6.45, 7) is 0. The molecule has 0 aromatic heterocycles. The van der Waals surface area contributed by atoms with E-state index in [4.69, 9.17) is 4.74 Å². The third-order valence-electron chi connectivity index (χ3n) is 2.70. The highest BCUT2D eigenvalue weighted by atomic mass is 79.9. The molecule has 0 aliphatic heterocycles. The van der Waals surface area contributed by atoms with Crippen molar-refractivity contribution in [3.63, 3.8) is 0 Å². The van der Waals surface area contributed by atoms with Crippen molar-refractivity contribution in [1.29, 1.82) is 0 Å². The van der Waals surface area contributed by atoms with Gasteiger partial charge in [0, 0.05) is 0 Å². The number of ether oxygens (including phenoxy) is 1. The minimum atomic E-state index is -0.852. The van der Waals surface area contributed by atoms with E-state index < -0.39 is 11.6 Å². The highest BCUT2D eigenvalue weighted by molar-refractivity contribution is 9.10. The molecule has 0 bridgehead atoms. The van der Waals surface area contributed by atoms with Crippen LogP contribution in [-0.4, -0.2) is 7.11 Å². The van der Waals surface area contributed by atoms with Gasteiger partial charge in [-0.15, -0.1) is 0 Å². The molecule has 19 heavy (non-hydrogen) atoms. The van der Waals surface area contributed by atoms with Crippen LogP contribution in [0.2, 0.25) is 0 Å². The van der Waals surface area contributed by atoms with Gasteiger partial charge in [0.2, 0.25) is 0 Å². The van der Waals surface area contributed by atoms with Crippen LogP contribution < -0.4 is 4.74 Å². The number of hydrogen-bond donors (Lipinski definition) is 0. The molecule has 1 atom stereocenters. The van der Waals surface area contributed by atoms with Crippen LogP contribution in [0.4, 0.5) is 8.78 Å². The van der Waals surface area contributed by atoms with Gasteiger partial charge in [0.05, 0.1) is 16.4 Å². The van der Waals surface area contributed by atoms with E-state index in [1.807, 2.05) is 18.2 Å². The van der Waals surface area contributed by atoms with Crippen LogP contribution in [0.25, 0.3) is 0 Å². The molecular formula is C14H10Br2F2O. The molecule has 0 aliphatic carbocycles. The first kappa shape index (κ1) is 14.5. The average Bonchev–Trinajstić information content (AvgIpc) is 2.41. The van der Waals surface area contributed by atoms with Crippen molar-refractivity contribution < 1.29 is 13.5 Å². The van der Waals surface area contributed by atoms with E-state index in [9.17, 15) is 8.78 Å². The monoisotopic (exact) mass is 390 g/mol. The van der Waals surface area contributed by atoms with Gasteiger partial charge in [0.25, 0.3) is 0 Å². The number of hydrogen-bond acceptors (Lipinski definition) is 1. The number of rotatable bonds is 3. The Bertz CT molecular complexity index is 602. The highest BCUT2D eigenvalue weighted by Crippen LogP contribution is 2.35. The minimum Gasteiger partial charge on any atom is -0.496 e. The van der Waals surface area contributed by atoms with Crippen LogP contribution in [-0.2, 0) is 0 Å². The standard InChI is InChI=1S/C14H10Br2F2O/c1-19-13-5-3-8(6-10(13)15)14(16)9-2-4-11(17)12(18)7-9/h2-7,14H,1H3. The van der Waals surface area contributed by atoms with E-state index in [-0.39, 0.29) is 4.83 Å². The number of methoxy groups -OCH3 is 1. The second-order valence-corrected chi connectivity index (χ2v) is 5.70. The van der Waals surface area contributed by atoms with Crippen molar-refractivity contribution in [3.05, 3.63) is 63.6 Å². The van der Waals surface area contributed by atoms with Gasteiger partial charge >= 0.3 is 0 Å². The molecule has 0 fully saturated rings. The van der Waals surface area contributed by atoms with E-state index in [0.29, 0.717) is 11.3 Å². The molecule has 0 heterocycles. The first-order valence-corrected chi connectivity index (χ1v) is 7.16. The molecule has 0 saturated carbocycles. The first-order valence-electron chi connectivity index (χ1n) is 5.45. The molecule has 1 unspecified atom stereocenters. The lowest BCUT2D eigenvalue weighted by Gasteiger charge is -2.13. The van der Waals surface area contributed by atoms with Gasteiger partial charge in [-0.3, -0.25) is 0 Å². The molecule has 2 aromatic rings. The Morgan fingerprint density at radius 2 is 1.63 bits per heavy atom. The molecule has 0 radical (unpaired) electrons. The van der Waals surface area contributed by atoms with E-state index in [2.05, 4.69) is 31.9 Å². The first-order chi connectivity index (χ1) is 9.02. The molecular weight excluding hydrogens is 382 g/mol.